The van der Waals surface area contributed by atoms with Gasteiger partial charge < -0.3 is 9.64 Å². The number of hydrogen-bond acceptors (Lipinski definition) is 9. The number of fused-ring (bicyclic) bond motifs is 1. The van der Waals surface area contributed by atoms with Gasteiger partial charge in [-0.05, 0) is 50.6 Å². The molecule has 0 bridgehead atoms. The van der Waals surface area contributed by atoms with Crippen LogP contribution in [0.5, 0.6) is 0 Å². The fourth-order valence-corrected chi connectivity index (χ4v) is 5.48. The Morgan fingerprint density at radius 1 is 1.03 bits per heavy atom. The Morgan fingerprint density at radius 2 is 1.68 bits per heavy atom. The second-order valence-electron chi connectivity index (χ2n) is 10.1. The van der Waals surface area contributed by atoms with Gasteiger partial charge in [-0.1, -0.05) is 0 Å². The highest BCUT2D eigenvalue weighted by atomic mass is 19.4. The number of esters is 2. The van der Waals surface area contributed by atoms with Gasteiger partial charge in [-0.25, -0.2) is 4.79 Å². The summed E-state index contributed by atoms with van der Waals surface area (Å²) < 4.78 is 40.6. The minimum Gasteiger partial charge on any atom is -0.385 e. The van der Waals surface area contributed by atoms with Crippen LogP contribution in [0.25, 0.3) is 0 Å². The van der Waals surface area contributed by atoms with Crippen LogP contribution in [0.3, 0.4) is 0 Å². The zero-order valence-corrected chi connectivity index (χ0v) is 20.0. The van der Waals surface area contributed by atoms with E-state index in [0.29, 0.717) is 39.0 Å². The Kier molecular flexibility index (Phi) is 6.24. The van der Waals surface area contributed by atoms with Crippen molar-refractivity contribution in [2.75, 3.05) is 37.6 Å². The van der Waals surface area contributed by atoms with Crippen molar-refractivity contribution >= 4 is 41.3 Å². The molecular weight excluding hydrogens is 513 g/mol. The van der Waals surface area contributed by atoms with E-state index in [-0.39, 0.29) is 29.4 Å². The molecule has 4 aliphatic rings. The summed E-state index contributed by atoms with van der Waals surface area (Å²) in [6.45, 7) is 1.78. The van der Waals surface area contributed by atoms with Crippen LogP contribution >= 0.6 is 0 Å². The fraction of sp³-hybridized carbons (Fsp3) is 0.500. The molecule has 202 valence electrons. The van der Waals surface area contributed by atoms with Gasteiger partial charge in [0.2, 0.25) is 11.8 Å². The van der Waals surface area contributed by atoms with Gasteiger partial charge in [0.05, 0.1) is 17.7 Å². The highest BCUT2D eigenvalue weighted by Crippen LogP contribution is 2.43. The monoisotopic (exact) mass is 536 g/mol. The van der Waals surface area contributed by atoms with E-state index in [1.807, 2.05) is 4.90 Å². The molecule has 1 aromatic rings. The number of nitrogens with zero attached hydrogens (tertiary/aromatic N) is 3. The second-order valence-corrected chi connectivity index (χ2v) is 10.1. The smallest absolute Gasteiger partial charge is 0.385 e. The summed E-state index contributed by atoms with van der Waals surface area (Å²) in [4.78, 5) is 76.7. The number of hydrogen-bond donors (Lipinski definition) is 1. The summed E-state index contributed by atoms with van der Waals surface area (Å²) >= 11 is 0. The number of halogens is 3. The van der Waals surface area contributed by atoms with Crippen molar-refractivity contribution in [2.45, 2.75) is 37.9 Å². The quantitative estimate of drug-likeness (QED) is 0.334. The molecular formula is C24H23F3N4O7. The van der Waals surface area contributed by atoms with Gasteiger partial charge in [-0.15, -0.1) is 0 Å². The van der Waals surface area contributed by atoms with Gasteiger partial charge >= 0.3 is 18.1 Å². The Hall–Kier alpha value is -3.81. The first-order chi connectivity index (χ1) is 17.9. The van der Waals surface area contributed by atoms with Crippen molar-refractivity contribution in [1.29, 1.82) is 0 Å². The lowest BCUT2D eigenvalue weighted by Gasteiger charge is -2.55. The SMILES string of the molecule is O=C1CCC(N2C(=O)c3ccc(N4CC5(CCN(CC(=O)OC(=O)C(F)(F)F)CC5)C4)cc3C2=O)C(=O)N1. The lowest BCUT2D eigenvalue weighted by molar-refractivity contribution is -0.202. The molecule has 0 aromatic heterocycles. The van der Waals surface area contributed by atoms with Crippen molar-refractivity contribution in [3.8, 4) is 0 Å². The minimum atomic E-state index is -5.23. The van der Waals surface area contributed by atoms with Crippen LogP contribution in [-0.4, -0.2) is 90.3 Å². The summed E-state index contributed by atoms with van der Waals surface area (Å²) in [5.74, 6) is -6.05. The summed E-state index contributed by atoms with van der Waals surface area (Å²) in [7, 11) is 0. The van der Waals surface area contributed by atoms with Crippen molar-refractivity contribution < 1.29 is 46.7 Å². The van der Waals surface area contributed by atoms with E-state index in [9.17, 15) is 41.9 Å². The third-order valence-corrected chi connectivity index (χ3v) is 7.55. The van der Waals surface area contributed by atoms with Crippen LogP contribution in [0.15, 0.2) is 18.2 Å². The van der Waals surface area contributed by atoms with Crippen LogP contribution in [0.1, 0.15) is 46.4 Å². The molecule has 1 atom stereocenters. The first kappa shape index (κ1) is 25.8. The number of ether oxygens (including phenoxy) is 1. The first-order valence-corrected chi connectivity index (χ1v) is 12.0. The molecule has 1 aromatic carbocycles. The molecule has 0 saturated carbocycles. The molecule has 3 fully saturated rings. The zero-order valence-electron chi connectivity index (χ0n) is 20.0. The standard InChI is InChI=1S/C24H23F3N4O7/c25-24(26,27)22(37)38-18(33)10-29-7-5-23(6-8-29)11-30(12-23)13-1-2-14-15(9-13)21(36)31(20(14)35)16-3-4-17(32)28-19(16)34/h1-2,9,16H,3-8,10-12H2,(H,28,32,34). The average Bonchev–Trinajstić information content (AvgIpc) is 3.07. The molecule has 1 spiro atoms. The molecule has 11 nitrogen and oxygen atoms in total. The number of anilines is 1. The lowest BCUT2D eigenvalue weighted by Crippen LogP contribution is -2.60. The molecule has 1 unspecified atom stereocenters. The molecule has 4 aliphatic heterocycles. The van der Waals surface area contributed by atoms with E-state index in [1.165, 1.54) is 0 Å². The maximum Gasteiger partial charge on any atom is 0.491 e. The fourth-order valence-electron chi connectivity index (χ4n) is 5.48. The normalized spacial score (nSPS) is 23.3. The number of carbonyl (C=O) groups is 6. The predicted molar refractivity (Wildman–Crippen MR) is 121 cm³/mol. The number of alkyl halides is 3. The lowest BCUT2D eigenvalue weighted by atomic mass is 9.71. The molecule has 14 heteroatoms. The topological polar surface area (TPSA) is 133 Å². The predicted octanol–water partition coefficient (Wildman–Crippen LogP) is 0.622. The van der Waals surface area contributed by atoms with Crippen molar-refractivity contribution in [2.24, 2.45) is 5.41 Å². The Labute approximate surface area is 213 Å². The Morgan fingerprint density at radius 3 is 2.32 bits per heavy atom. The van der Waals surface area contributed by atoms with E-state index < -0.39 is 54.3 Å². The second kappa shape index (κ2) is 9.19. The maximum absolute atomic E-state index is 13.1. The third kappa shape index (κ3) is 4.64. The molecule has 4 amide bonds. The van der Waals surface area contributed by atoms with Gasteiger partial charge in [0.25, 0.3) is 11.8 Å². The number of imide groups is 2. The van der Waals surface area contributed by atoms with E-state index >= 15 is 0 Å². The average molecular weight is 536 g/mol. The Bertz CT molecular complexity index is 1250. The van der Waals surface area contributed by atoms with Gasteiger partial charge in [-0.2, -0.15) is 13.2 Å². The van der Waals surface area contributed by atoms with E-state index in [1.54, 1.807) is 23.1 Å². The summed E-state index contributed by atoms with van der Waals surface area (Å²) in [5, 5.41) is 2.16. The number of nitrogens with one attached hydrogen (secondary N) is 1. The maximum atomic E-state index is 13.1. The number of likely N-dealkylation sites (tertiary alicyclic amines) is 1. The molecule has 4 heterocycles. The van der Waals surface area contributed by atoms with Crippen LogP contribution in [0.4, 0.5) is 18.9 Å². The first-order valence-electron chi connectivity index (χ1n) is 12.0. The largest absolute Gasteiger partial charge is 0.491 e. The molecule has 0 radical (unpaired) electrons. The van der Waals surface area contributed by atoms with Crippen molar-refractivity contribution in [3.05, 3.63) is 29.3 Å². The number of piperidine rings is 2. The highest BCUT2D eigenvalue weighted by molar-refractivity contribution is 6.23. The molecule has 1 N–H and O–H groups in total. The number of rotatable bonds is 4. The van der Waals surface area contributed by atoms with Gasteiger partial charge in [0.15, 0.2) is 0 Å². The number of carbonyl (C=O) groups excluding carboxylic acids is 6. The van der Waals surface area contributed by atoms with E-state index in [2.05, 4.69) is 10.1 Å². The summed E-state index contributed by atoms with van der Waals surface area (Å²) in [6, 6.07) is 3.87. The number of benzene rings is 1. The molecule has 3 saturated heterocycles. The number of amides is 4. The zero-order chi connectivity index (χ0) is 27.4. The van der Waals surface area contributed by atoms with Crippen LogP contribution in [-0.2, 0) is 23.9 Å². The van der Waals surface area contributed by atoms with Crippen LogP contribution < -0.4 is 10.2 Å². The van der Waals surface area contributed by atoms with Gasteiger partial charge in [0, 0.05) is 30.6 Å². The van der Waals surface area contributed by atoms with Gasteiger partial charge in [0.1, 0.15) is 6.04 Å². The third-order valence-electron chi connectivity index (χ3n) is 7.55. The highest BCUT2D eigenvalue weighted by Gasteiger charge is 2.48. The summed E-state index contributed by atoms with van der Waals surface area (Å²) in [5.41, 5.74) is 1.06. The van der Waals surface area contributed by atoms with Crippen LogP contribution in [0, 0.1) is 5.41 Å². The summed E-state index contributed by atoms with van der Waals surface area (Å²) in [6.07, 6.45) is -3.76. The van der Waals surface area contributed by atoms with Crippen molar-refractivity contribution in [1.82, 2.24) is 15.1 Å². The molecule has 5 rings (SSSR count). The minimum absolute atomic E-state index is 0.0369. The molecule has 0 aliphatic carbocycles. The van der Waals surface area contributed by atoms with Crippen LogP contribution in [0.2, 0.25) is 0 Å². The van der Waals surface area contributed by atoms with E-state index in [4.69, 9.17) is 0 Å². The van der Waals surface area contributed by atoms with Crippen molar-refractivity contribution in [3.63, 3.8) is 0 Å². The van der Waals surface area contributed by atoms with E-state index in [0.717, 1.165) is 10.6 Å². The Balaban J connectivity index is 1.16. The van der Waals surface area contributed by atoms with Gasteiger partial charge in [-0.3, -0.25) is 39.1 Å². The molecule has 38 heavy (non-hydrogen) atoms.